The van der Waals surface area contributed by atoms with E-state index in [0.717, 1.165) is 17.1 Å². The predicted octanol–water partition coefficient (Wildman–Crippen LogP) is 3.89. The number of nitrogens with zero attached hydrogens (tertiary/aromatic N) is 3. The molecule has 2 heterocycles. The number of aliphatic hydroxyl groups excluding tert-OH is 1. The first kappa shape index (κ1) is 19.8. The van der Waals surface area contributed by atoms with Gasteiger partial charge in [-0.1, -0.05) is 43.7 Å². The second kappa shape index (κ2) is 9.28. The van der Waals surface area contributed by atoms with E-state index in [2.05, 4.69) is 70.6 Å². The van der Waals surface area contributed by atoms with Gasteiger partial charge in [0, 0.05) is 30.6 Å². The van der Waals surface area contributed by atoms with Crippen LogP contribution >= 0.6 is 0 Å². The van der Waals surface area contributed by atoms with Gasteiger partial charge in [0.05, 0.1) is 18.3 Å². The number of anilines is 2. The molecule has 3 N–H and O–H groups in total. The number of aliphatic hydroxyl groups is 1. The van der Waals surface area contributed by atoms with Crippen LogP contribution in [0.2, 0.25) is 0 Å². The van der Waals surface area contributed by atoms with Crippen LogP contribution in [0.1, 0.15) is 25.0 Å². The zero-order valence-corrected chi connectivity index (χ0v) is 16.6. The number of pyridine rings is 1. The summed E-state index contributed by atoms with van der Waals surface area (Å²) in [5, 5.41) is 16.3. The number of hydrogen-bond donors (Lipinski definition) is 3. The number of aromatic nitrogens is 3. The Morgan fingerprint density at radius 3 is 2.50 bits per heavy atom. The van der Waals surface area contributed by atoms with Crippen LogP contribution < -0.4 is 10.6 Å². The molecule has 0 saturated heterocycles. The maximum Gasteiger partial charge on any atom is 0.225 e. The van der Waals surface area contributed by atoms with Gasteiger partial charge in [-0.2, -0.15) is 4.98 Å². The fourth-order valence-electron chi connectivity index (χ4n) is 2.75. The van der Waals surface area contributed by atoms with Crippen molar-refractivity contribution in [1.29, 1.82) is 0 Å². The highest BCUT2D eigenvalue weighted by Gasteiger charge is 2.15. The van der Waals surface area contributed by atoms with Gasteiger partial charge in [0.1, 0.15) is 5.82 Å². The molecule has 1 aromatic carbocycles. The van der Waals surface area contributed by atoms with Crippen molar-refractivity contribution in [2.45, 2.75) is 33.4 Å². The van der Waals surface area contributed by atoms with Crippen molar-refractivity contribution in [1.82, 2.24) is 15.0 Å². The summed E-state index contributed by atoms with van der Waals surface area (Å²) in [6, 6.07) is 14.0. The lowest BCUT2D eigenvalue weighted by Crippen LogP contribution is -2.30. The van der Waals surface area contributed by atoms with Crippen molar-refractivity contribution < 1.29 is 5.11 Å². The summed E-state index contributed by atoms with van der Waals surface area (Å²) in [5.41, 5.74) is 4.10. The molecule has 3 aromatic rings. The average molecular weight is 377 g/mol. The third kappa shape index (κ3) is 5.27. The topological polar surface area (TPSA) is 83.0 Å². The number of benzene rings is 1. The average Bonchev–Trinajstić information content (AvgIpc) is 2.72. The van der Waals surface area contributed by atoms with Crippen molar-refractivity contribution >= 4 is 11.8 Å². The summed E-state index contributed by atoms with van der Waals surface area (Å²) in [6.45, 7) is 6.86. The van der Waals surface area contributed by atoms with E-state index >= 15 is 0 Å². The van der Waals surface area contributed by atoms with E-state index in [9.17, 15) is 5.11 Å². The maximum atomic E-state index is 9.64. The molecule has 0 spiro atoms. The summed E-state index contributed by atoms with van der Waals surface area (Å²) in [5.74, 6) is 1.46. The van der Waals surface area contributed by atoms with E-state index in [1.54, 1.807) is 12.4 Å². The molecule has 6 heteroatoms. The SMILES string of the molecule is Cc1ccc(CNc2cc(-c3cccnc3)nc(N[C@H](CO)C(C)C)n2)cc1. The van der Waals surface area contributed by atoms with Crippen LogP contribution in [0.4, 0.5) is 11.8 Å². The molecule has 6 nitrogen and oxygen atoms in total. The predicted molar refractivity (Wildman–Crippen MR) is 113 cm³/mol. The minimum atomic E-state index is -0.117. The van der Waals surface area contributed by atoms with Gasteiger partial charge in [-0.15, -0.1) is 0 Å². The highest BCUT2D eigenvalue weighted by molar-refractivity contribution is 5.63. The van der Waals surface area contributed by atoms with Gasteiger partial charge in [0.15, 0.2) is 0 Å². The van der Waals surface area contributed by atoms with Crippen LogP contribution in [0.3, 0.4) is 0 Å². The third-order valence-electron chi connectivity index (χ3n) is 4.59. The zero-order valence-electron chi connectivity index (χ0n) is 16.6. The van der Waals surface area contributed by atoms with Gasteiger partial charge in [-0.3, -0.25) is 4.98 Å². The quantitative estimate of drug-likeness (QED) is 0.552. The van der Waals surface area contributed by atoms with E-state index in [1.807, 2.05) is 18.2 Å². The minimum absolute atomic E-state index is 0.0181. The highest BCUT2D eigenvalue weighted by atomic mass is 16.3. The third-order valence-corrected chi connectivity index (χ3v) is 4.59. The molecule has 0 radical (unpaired) electrons. The summed E-state index contributed by atoms with van der Waals surface area (Å²) < 4.78 is 0. The van der Waals surface area contributed by atoms with E-state index in [0.29, 0.717) is 12.5 Å². The normalized spacial score (nSPS) is 12.0. The molecule has 0 aliphatic carbocycles. The molecule has 0 aliphatic rings. The van der Waals surface area contributed by atoms with Crippen molar-refractivity contribution in [3.05, 3.63) is 66.0 Å². The largest absolute Gasteiger partial charge is 0.394 e. The van der Waals surface area contributed by atoms with Gasteiger partial charge in [0.2, 0.25) is 5.95 Å². The molecule has 3 rings (SSSR count). The fraction of sp³-hybridized carbons (Fsp3) is 0.318. The Morgan fingerprint density at radius 2 is 1.86 bits per heavy atom. The summed E-state index contributed by atoms with van der Waals surface area (Å²) in [6.07, 6.45) is 3.52. The molecule has 0 amide bonds. The van der Waals surface area contributed by atoms with E-state index in [4.69, 9.17) is 0 Å². The molecule has 2 aromatic heterocycles. The van der Waals surface area contributed by atoms with Gasteiger partial charge >= 0.3 is 0 Å². The van der Waals surface area contributed by atoms with Crippen LogP contribution in [0.5, 0.6) is 0 Å². The Bertz CT molecular complexity index is 881. The van der Waals surface area contributed by atoms with E-state index < -0.39 is 0 Å². The number of hydrogen-bond acceptors (Lipinski definition) is 6. The standard InChI is InChI=1S/C22H27N5O/c1-15(2)20(14-28)26-22-25-19(18-5-4-10-23-13-18)11-21(27-22)24-12-17-8-6-16(3)7-9-17/h4-11,13,15,20,28H,12,14H2,1-3H3,(H2,24,25,26,27)/t20-/m1/s1. The molecular formula is C22H27N5O. The molecule has 146 valence electrons. The summed E-state index contributed by atoms with van der Waals surface area (Å²) in [7, 11) is 0. The van der Waals surface area contributed by atoms with Crippen LogP contribution in [0.15, 0.2) is 54.9 Å². The Balaban J connectivity index is 1.87. The summed E-state index contributed by atoms with van der Waals surface area (Å²) >= 11 is 0. The van der Waals surface area contributed by atoms with Crippen LogP contribution in [0.25, 0.3) is 11.3 Å². The zero-order chi connectivity index (χ0) is 19.9. The second-order valence-corrected chi connectivity index (χ2v) is 7.22. The van der Waals surface area contributed by atoms with Crippen molar-refractivity contribution in [3.63, 3.8) is 0 Å². The molecule has 0 aliphatic heterocycles. The van der Waals surface area contributed by atoms with Crippen molar-refractivity contribution in [3.8, 4) is 11.3 Å². The molecule has 1 atom stereocenters. The van der Waals surface area contributed by atoms with Crippen molar-refractivity contribution in [2.24, 2.45) is 5.92 Å². The first-order valence-corrected chi connectivity index (χ1v) is 9.51. The summed E-state index contributed by atoms with van der Waals surface area (Å²) in [4.78, 5) is 13.4. The Hall–Kier alpha value is -2.99. The molecule has 0 unspecified atom stereocenters. The molecule has 0 bridgehead atoms. The second-order valence-electron chi connectivity index (χ2n) is 7.22. The number of rotatable bonds is 8. The molecular weight excluding hydrogens is 350 g/mol. The van der Waals surface area contributed by atoms with Crippen molar-refractivity contribution in [2.75, 3.05) is 17.2 Å². The minimum Gasteiger partial charge on any atom is -0.394 e. The number of aryl methyl sites for hydroxylation is 1. The van der Waals surface area contributed by atoms with E-state index in [-0.39, 0.29) is 18.6 Å². The van der Waals surface area contributed by atoms with Gasteiger partial charge < -0.3 is 15.7 Å². The number of nitrogens with one attached hydrogen (secondary N) is 2. The molecule has 0 saturated carbocycles. The smallest absolute Gasteiger partial charge is 0.225 e. The van der Waals surface area contributed by atoms with E-state index in [1.165, 1.54) is 11.1 Å². The van der Waals surface area contributed by atoms with Crippen LogP contribution in [-0.4, -0.2) is 32.7 Å². The van der Waals surface area contributed by atoms with Crippen LogP contribution in [0, 0.1) is 12.8 Å². The lowest BCUT2D eigenvalue weighted by atomic mass is 10.1. The van der Waals surface area contributed by atoms with Crippen LogP contribution in [-0.2, 0) is 6.54 Å². The Kier molecular flexibility index (Phi) is 6.55. The fourth-order valence-corrected chi connectivity index (χ4v) is 2.75. The Labute approximate surface area is 166 Å². The molecule has 0 fully saturated rings. The van der Waals surface area contributed by atoms with Gasteiger partial charge in [-0.25, -0.2) is 4.98 Å². The lowest BCUT2D eigenvalue weighted by molar-refractivity contribution is 0.248. The maximum absolute atomic E-state index is 9.64. The highest BCUT2D eigenvalue weighted by Crippen LogP contribution is 2.22. The first-order valence-electron chi connectivity index (χ1n) is 9.51. The monoisotopic (exact) mass is 377 g/mol. The lowest BCUT2D eigenvalue weighted by Gasteiger charge is -2.20. The first-order chi connectivity index (χ1) is 13.5. The Morgan fingerprint density at radius 1 is 1.07 bits per heavy atom. The van der Waals surface area contributed by atoms with Gasteiger partial charge in [-0.05, 0) is 30.5 Å². The molecule has 28 heavy (non-hydrogen) atoms. The van der Waals surface area contributed by atoms with Gasteiger partial charge in [0.25, 0.3) is 0 Å².